The Morgan fingerprint density at radius 3 is 1.36 bits per heavy atom. The Hall–Kier alpha value is -0.520. The fourth-order valence-corrected chi connectivity index (χ4v) is 1.03. The Labute approximate surface area is 71.0 Å². The smallest absolute Gasteiger partial charge is 0.00582 e. The summed E-state index contributed by atoms with van der Waals surface area (Å²) in [7, 11) is 0. The lowest BCUT2D eigenvalue weighted by atomic mass is 9.78. The molecule has 0 radical (unpaired) electrons. The summed E-state index contributed by atoms with van der Waals surface area (Å²) in [6, 6.07) is 0. The van der Waals surface area contributed by atoms with Gasteiger partial charge < -0.3 is 0 Å². The largest absolute Gasteiger partial charge is 0.0879 e. The molecule has 0 aliphatic carbocycles. The molecule has 0 aromatic heterocycles. The molecule has 0 saturated heterocycles. The summed E-state index contributed by atoms with van der Waals surface area (Å²) in [6.45, 7) is 13.1. The third-order valence-electron chi connectivity index (χ3n) is 2.84. The van der Waals surface area contributed by atoms with Crippen molar-refractivity contribution in [2.24, 2.45) is 5.41 Å². The molecule has 0 aromatic rings. The maximum absolute atomic E-state index is 2.26. The first-order chi connectivity index (χ1) is 4.96. The van der Waals surface area contributed by atoms with E-state index in [4.69, 9.17) is 0 Å². The van der Waals surface area contributed by atoms with Crippen LogP contribution >= 0.6 is 0 Å². The van der Waals surface area contributed by atoms with Gasteiger partial charge in [0.15, 0.2) is 0 Å². The monoisotopic (exact) mass is 152 g/mol. The van der Waals surface area contributed by atoms with Gasteiger partial charge in [0.2, 0.25) is 0 Å². The van der Waals surface area contributed by atoms with Crippen molar-refractivity contribution >= 4 is 0 Å². The maximum Gasteiger partial charge on any atom is 0.00582 e. The molecule has 0 unspecified atom stereocenters. The average Bonchev–Trinajstić information content (AvgIpc) is 2.01. The van der Waals surface area contributed by atoms with Gasteiger partial charge in [0.05, 0.1) is 0 Å². The van der Waals surface area contributed by atoms with Gasteiger partial charge >= 0.3 is 0 Å². The predicted molar refractivity (Wildman–Crippen MR) is 52.6 cm³/mol. The van der Waals surface area contributed by atoms with Gasteiger partial charge in [0.1, 0.15) is 0 Å². The minimum absolute atomic E-state index is 0.240. The molecule has 0 saturated carbocycles. The van der Waals surface area contributed by atoms with E-state index < -0.39 is 0 Å². The summed E-state index contributed by atoms with van der Waals surface area (Å²) < 4.78 is 0. The molecule has 0 aromatic carbocycles. The highest BCUT2D eigenvalue weighted by molar-refractivity contribution is 5.23. The molecule has 0 aliphatic rings. The van der Waals surface area contributed by atoms with Crippen molar-refractivity contribution in [2.45, 2.75) is 41.5 Å². The Balaban J connectivity index is 4.73. The summed E-state index contributed by atoms with van der Waals surface area (Å²) in [5.41, 5.74) is 3.12. The summed E-state index contributed by atoms with van der Waals surface area (Å²) >= 11 is 0. The van der Waals surface area contributed by atoms with Crippen molar-refractivity contribution < 1.29 is 0 Å². The summed E-state index contributed by atoms with van der Waals surface area (Å²) in [4.78, 5) is 0. The third kappa shape index (κ3) is 2.21. The third-order valence-corrected chi connectivity index (χ3v) is 2.84. The van der Waals surface area contributed by atoms with E-state index in [0.29, 0.717) is 0 Å². The van der Waals surface area contributed by atoms with Crippen molar-refractivity contribution in [1.29, 1.82) is 0 Å². The number of hydrogen-bond acceptors (Lipinski definition) is 0. The van der Waals surface area contributed by atoms with E-state index in [1.54, 1.807) is 0 Å². The van der Waals surface area contributed by atoms with Crippen LogP contribution in [-0.4, -0.2) is 0 Å². The van der Waals surface area contributed by atoms with Gasteiger partial charge in [-0.25, -0.2) is 0 Å². The molecule has 0 fully saturated rings. The van der Waals surface area contributed by atoms with Gasteiger partial charge in [-0.1, -0.05) is 37.1 Å². The van der Waals surface area contributed by atoms with Crippen molar-refractivity contribution in [3.05, 3.63) is 23.3 Å². The fourth-order valence-electron chi connectivity index (χ4n) is 1.03. The molecule has 0 nitrogen and oxygen atoms in total. The lowest BCUT2D eigenvalue weighted by Crippen LogP contribution is -2.14. The minimum atomic E-state index is 0.240. The molecular weight excluding hydrogens is 132 g/mol. The van der Waals surface area contributed by atoms with Crippen LogP contribution in [0.4, 0.5) is 0 Å². The van der Waals surface area contributed by atoms with Gasteiger partial charge in [0, 0.05) is 5.41 Å². The highest BCUT2D eigenvalue weighted by atomic mass is 14.2. The predicted octanol–water partition coefficient (Wildman–Crippen LogP) is 3.95. The zero-order valence-electron chi connectivity index (χ0n) is 8.65. The molecule has 0 heteroatoms. The van der Waals surface area contributed by atoms with Crippen molar-refractivity contribution in [2.75, 3.05) is 0 Å². The van der Waals surface area contributed by atoms with Crippen LogP contribution in [0, 0.1) is 5.41 Å². The second-order valence-corrected chi connectivity index (χ2v) is 3.57. The SMILES string of the molecule is C/C=C(\C)C(C)(C)/C(C)=C/C. The highest BCUT2D eigenvalue weighted by Crippen LogP contribution is 2.33. The van der Waals surface area contributed by atoms with E-state index in [1.807, 2.05) is 0 Å². The van der Waals surface area contributed by atoms with E-state index >= 15 is 0 Å². The van der Waals surface area contributed by atoms with E-state index in [-0.39, 0.29) is 5.41 Å². The summed E-state index contributed by atoms with van der Waals surface area (Å²) in [6.07, 6.45) is 4.38. The van der Waals surface area contributed by atoms with Crippen molar-refractivity contribution in [3.63, 3.8) is 0 Å². The van der Waals surface area contributed by atoms with Crippen LogP contribution in [-0.2, 0) is 0 Å². The van der Waals surface area contributed by atoms with Crippen LogP contribution in [0.25, 0.3) is 0 Å². The summed E-state index contributed by atoms with van der Waals surface area (Å²) in [5.74, 6) is 0. The van der Waals surface area contributed by atoms with Gasteiger partial charge in [-0.15, -0.1) is 0 Å². The second-order valence-electron chi connectivity index (χ2n) is 3.57. The van der Waals surface area contributed by atoms with Gasteiger partial charge in [0.25, 0.3) is 0 Å². The average molecular weight is 152 g/mol. The first-order valence-corrected chi connectivity index (χ1v) is 4.23. The lowest BCUT2D eigenvalue weighted by Gasteiger charge is -2.27. The van der Waals surface area contributed by atoms with Crippen molar-refractivity contribution in [3.8, 4) is 0 Å². The Kier molecular flexibility index (Phi) is 3.57. The fraction of sp³-hybridized carbons (Fsp3) is 0.636. The zero-order chi connectivity index (χ0) is 9.07. The van der Waals surface area contributed by atoms with Crippen molar-refractivity contribution in [1.82, 2.24) is 0 Å². The van der Waals surface area contributed by atoms with Gasteiger partial charge in [-0.2, -0.15) is 0 Å². The first kappa shape index (κ1) is 10.5. The molecule has 0 atom stereocenters. The molecule has 64 valence electrons. The van der Waals surface area contributed by atoms with E-state index in [0.717, 1.165) is 0 Å². The van der Waals surface area contributed by atoms with E-state index in [9.17, 15) is 0 Å². The molecule has 0 bridgehead atoms. The Bertz CT molecular complexity index is 160. The van der Waals surface area contributed by atoms with Crippen LogP contribution < -0.4 is 0 Å². The Morgan fingerprint density at radius 1 is 0.909 bits per heavy atom. The van der Waals surface area contributed by atoms with Crippen LogP contribution in [0.15, 0.2) is 23.3 Å². The molecule has 0 rings (SSSR count). The zero-order valence-corrected chi connectivity index (χ0v) is 8.65. The topological polar surface area (TPSA) is 0 Å². The molecule has 0 spiro atoms. The normalized spacial score (nSPS) is 15.5. The van der Waals surface area contributed by atoms with E-state index in [1.165, 1.54) is 11.1 Å². The lowest BCUT2D eigenvalue weighted by molar-refractivity contribution is 0.536. The van der Waals surface area contributed by atoms with Gasteiger partial charge in [-0.05, 0) is 27.7 Å². The second kappa shape index (κ2) is 3.75. The van der Waals surface area contributed by atoms with Crippen LogP contribution in [0.1, 0.15) is 41.5 Å². The molecular formula is C11H20. The molecule has 0 aliphatic heterocycles. The maximum atomic E-state index is 2.26. The Morgan fingerprint density at radius 2 is 1.18 bits per heavy atom. The first-order valence-electron chi connectivity index (χ1n) is 4.23. The summed E-state index contributed by atoms with van der Waals surface area (Å²) in [5, 5.41) is 0. The molecule has 0 N–H and O–H groups in total. The van der Waals surface area contributed by atoms with Gasteiger partial charge in [-0.3, -0.25) is 0 Å². The van der Waals surface area contributed by atoms with Crippen LogP contribution in [0.3, 0.4) is 0 Å². The quantitative estimate of drug-likeness (QED) is 0.526. The van der Waals surface area contributed by atoms with Crippen LogP contribution in [0.5, 0.6) is 0 Å². The number of hydrogen-bond donors (Lipinski definition) is 0. The minimum Gasteiger partial charge on any atom is -0.0879 e. The number of rotatable bonds is 2. The number of allylic oxidation sites excluding steroid dienone is 4. The molecule has 0 amide bonds. The molecule has 0 heterocycles. The highest BCUT2D eigenvalue weighted by Gasteiger charge is 2.20. The standard InChI is InChI=1S/C11H20/c1-7-9(3)11(5,6)10(4)8-2/h7-8H,1-6H3/b9-7+,10-8+. The molecule has 11 heavy (non-hydrogen) atoms. The van der Waals surface area contributed by atoms with Crippen LogP contribution in [0.2, 0.25) is 0 Å². The van der Waals surface area contributed by atoms with E-state index in [2.05, 4.69) is 53.7 Å².